The Labute approximate surface area is 159 Å². The van der Waals surface area contributed by atoms with Crippen LogP contribution in [0.1, 0.15) is 12.8 Å². The van der Waals surface area contributed by atoms with Crippen LogP contribution in [0.2, 0.25) is 0 Å². The second-order valence-corrected chi connectivity index (χ2v) is 7.17. The number of nitrogens with one attached hydrogen (secondary N) is 1. The zero-order valence-electron chi connectivity index (χ0n) is 15.3. The van der Waals surface area contributed by atoms with Crippen molar-refractivity contribution in [3.05, 3.63) is 48.7 Å². The zero-order valence-corrected chi connectivity index (χ0v) is 15.3. The molecule has 27 heavy (non-hydrogen) atoms. The maximum absolute atomic E-state index is 12.5. The molecule has 0 aliphatic carbocycles. The van der Waals surface area contributed by atoms with Gasteiger partial charge in [-0.15, -0.1) is 0 Å². The standard InChI is InChI=1S/C21H25N3O3/c25-21(24-11-8-16-13-22-14-17(16)9-12-24)15-26-18-4-6-19(7-5-18)27-20-3-1-2-10-23-20/h1-7,10,16-17,22H,8-9,11-15H2/t16-,17+. The predicted molar refractivity (Wildman–Crippen MR) is 102 cm³/mol. The smallest absolute Gasteiger partial charge is 0.260 e. The Morgan fingerprint density at radius 2 is 1.74 bits per heavy atom. The molecule has 6 heteroatoms. The lowest BCUT2D eigenvalue weighted by Crippen LogP contribution is -2.36. The fraction of sp³-hybridized carbons (Fsp3) is 0.429. The number of ether oxygens (including phenoxy) is 2. The van der Waals surface area contributed by atoms with E-state index < -0.39 is 0 Å². The van der Waals surface area contributed by atoms with E-state index in [1.165, 1.54) is 0 Å². The molecule has 3 heterocycles. The second-order valence-electron chi connectivity index (χ2n) is 7.17. The fourth-order valence-corrected chi connectivity index (χ4v) is 3.84. The van der Waals surface area contributed by atoms with E-state index in [0.717, 1.165) is 50.9 Å². The van der Waals surface area contributed by atoms with Gasteiger partial charge in [-0.3, -0.25) is 4.79 Å². The number of nitrogens with zero attached hydrogens (tertiary/aromatic N) is 2. The third-order valence-corrected chi connectivity index (χ3v) is 5.42. The SMILES string of the molecule is O=C(COc1ccc(Oc2ccccn2)cc1)N1CC[C@@H]2CNC[C@@H]2CC1. The zero-order chi connectivity index (χ0) is 18.5. The number of aromatic nitrogens is 1. The van der Waals surface area contributed by atoms with Gasteiger partial charge in [0.25, 0.3) is 5.91 Å². The van der Waals surface area contributed by atoms with Gasteiger partial charge in [-0.25, -0.2) is 4.98 Å². The Kier molecular flexibility index (Phi) is 5.53. The molecule has 2 atom stereocenters. The molecule has 0 saturated carbocycles. The van der Waals surface area contributed by atoms with Gasteiger partial charge < -0.3 is 19.7 Å². The number of hydrogen-bond donors (Lipinski definition) is 1. The minimum atomic E-state index is 0.0664. The molecule has 0 bridgehead atoms. The van der Waals surface area contributed by atoms with Crippen LogP contribution in [0.5, 0.6) is 17.4 Å². The fourth-order valence-electron chi connectivity index (χ4n) is 3.84. The van der Waals surface area contributed by atoms with E-state index in [1.807, 2.05) is 41.3 Å². The molecular formula is C21H25N3O3. The summed E-state index contributed by atoms with van der Waals surface area (Å²) in [5.41, 5.74) is 0. The van der Waals surface area contributed by atoms with Crippen molar-refractivity contribution in [2.45, 2.75) is 12.8 Å². The number of carbonyl (C=O) groups is 1. The summed E-state index contributed by atoms with van der Waals surface area (Å²) in [6, 6.07) is 12.8. The van der Waals surface area contributed by atoms with E-state index in [0.29, 0.717) is 17.4 Å². The highest BCUT2D eigenvalue weighted by atomic mass is 16.5. The average Bonchev–Trinajstić information content (AvgIpc) is 3.06. The first kappa shape index (κ1) is 17.8. The van der Waals surface area contributed by atoms with E-state index >= 15 is 0 Å². The molecule has 1 aromatic heterocycles. The maximum atomic E-state index is 12.5. The Bertz CT molecular complexity index is 737. The highest BCUT2D eigenvalue weighted by molar-refractivity contribution is 5.77. The maximum Gasteiger partial charge on any atom is 0.260 e. The first-order chi connectivity index (χ1) is 13.3. The summed E-state index contributed by atoms with van der Waals surface area (Å²) >= 11 is 0. The van der Waals surface area contributed by atoms with Crippen LogP contribution in [0.3, 0.4) is 0 Å². The van der Waals surface area contributed by atoms with Gasteiger partial charge in [0.05, 0.1) is 0 Å². The Morgan fingerprint density at radius 1 is 1.04 bits per heavy atom. The number of carbonyl (C=O) groups excluding carboxylic acids is 1. The van der Waals surface area contributed by atoms with Crippen molar-refractivity contribution in [2.75, 3.05) is 32.8 Å². The van der Waals surface area contributed by atoms with Gasteiger partial charge in [0, 0.05) is 25.4 Å². The first-order valence-electron chi connectivity index (χ1n) is 9.58. The van der Waals surface area contributed by atoms with Gasteiger partial charge in [0.1, 0.15) is 11.5 Å². The molecular weight excluding hydrogens is 342 g/mol. The predicted octanol–water partition coefficient (Wildman–Crippen LogP) is 2.71. The quantitative estimate of drug-likeness (QED) is 0.880. The molecule has 2 aromatic rings. The van der Waals surface area contributed by atoms with Crippen LogP contribution in [0.15, 0.2) is 48.7 Å². The van der Waals surface area contributed by atoms with Crippen LogP contribution < -0.4 is 14.8 Å². The molecule has 1 aromatic carbocycles. The number of hydrogen-bond acceptors (Lipinski definition) is 5. The van der Waals surface area contributed by atoms with E-state index in [4.69, 9.17) is 9.47 Å². The number of rotatable bonds is 5. The lowest BCUT2D eigenvalue weighted by Gasteiger charge is -2.21. The van der Waals surface area contributed by atoms with Crippen molar-refractivity contribution in [1.82, 2.24) is 15.2 Å². The van der Waals surface area contributed by atoms with Gasteiger partial charge >= 0.3 is 0 Å². The Balaban J connectivity index is 1.26. The normalized spacial score (nSPS) is 22.0. The molecule has 1 amide bonds. The summed E-state index contributed by atoms with van der Waals surface area (Å²) in [6.45, 7) is 3.93. The van der Waals surface area contributed by atoms with Crippen LogP contribution >= 0.6 is 0 Å². The summed E-state index contributed by atoms with van der Waals surface area (Å²) in [7, 11) is 0. The molecule has 2 aliphatic heterocycles. The number of pyridine rings is 1. The van der Waals surface area contributed by atoms with E-state index in [2.05, 4.69) is 10.3 Å². The van der Waals surface area contributed by atoms with Gasteiger partial charge in [-0.2, -0.15) is 0 Å². The minimum Gasteiger partial charge on any atom is -0.484 e. The molecule has 1 N–H and O–H groups in total. The summed E-state index contributed by atoms with van der Waals surface area (Å²) < 4.78 is 11.3. The van der Waals surface area contributed by atoms with Crippen molar-refractivity contribution >= 4 is 5.91 Å². The number of benzene rings is 1. The molecule has 2 aliphatic rings. The van der Waals surface area contributed by atoms with Crippen molar-refractivity contribution in [1.29, 1.82) is 0 Å². The summed E-state index contributed by atoms with van der Waals surface area (Å²) in [6.07, 6.45) is 3.86. The Morgan fingerprint density at radius 3 is 2.41 bits per heavy atom. The molecule has 0 radical (unpaired) electrons. The lowest BCUT2D eigenvalue weighted by molar-refractivity contribution is -0.133. The molecule has 4 rings (SSSR count). The number of amides is 1. The van der Waals surface area contributed by atoms with Crippen LogP contribution in [0.4, 0.5) is 0 Å². The lowest BCUT2D eigenvalue weighted by atomic mass is 9.92. The first-order valence-corrected chi connectivity index (χ1v) is 9.58. The summed E-state index contributed by atoms with van der Waals surface area (Å²) in [5, 5.41) is 3.46. The summed E-state index contributed by atoms with van der Waals surface area (Å²) in [5.74, 6) is 3.39. The van der Waals surface area contributed by atoms with Gasteiger partial charge in [0.15, 0.2) is 6.61 Å². The molecule has 0 spiro atoms. The molecule has 2 saturated heterocycles. The number of fused-ring (bicyclic) bond motifs is 1. The van der Waals surface area contributed by atoms with E-state index in [9.17, 15) is 4.79 Å². The number of likely N-dealkylation sites (tertiary alicyclic amines) is 1. The molecule has 0 unspecified atom stereocenters. The molecule has 142 valence electrons. The third kappa shape index (κ3) is 4.57. The highest BCUT2D eigenvalue weighted by Crippen LogP contribution is 2.27. The van der Waals surface area contributed by atoms with Crippen LogP contribution in [-0.2, 0) is 4.79 Å². The Hall–Kier alpha value is -2.60. The largest absolute Gasteiger partial charge is 0.484 e. The summed E-state index contributed by atoms with van der Waals surface area (Å²) in [4.78, 5) is 18.6. The van der Waals surface area contributed by atoms with Gasteiger partial charge in [-0.1, -0.05) is 6.07 Å². The molecule has 6 nitrogen and oxygen atoms in total. The second kappa shape index (κ2) is 8.39. The van der Waals surface area contributed by atoms with E-state index in [1.54, 1.807) is 12.3 Å². The van der Waals surface area contributed by atoms with Crippen molar-refractivity contribution in [2.24, 2.45) is 11.8 Å². The van der Waals surface area contributed by atoms with Gasteiger partial charge in [0.2, 0.25) is 5.88 Å². The topological polar surface area (TPSA) is 63.7 Å². The van der Waals surface area contributed by atoms with Gasteiger partial charge in [-0.05, 0) is 68.1 Å². The minimum absolute atomic E-state index is 0.0664. The van der Waals surface area contributed by atoms with Crippen LogP contribution in [0, 0.1) is 11.8 Å². The third-order valence-electron chi connectivity index (χ3n) is 5.42. The van der Waals surface area contributed by atoms with Crippen LogP contribution in [0.25, 0.3) is 0 Å². The average molecular weight is 367 g/mol. The van der Waals surface area contributed by atoms with Crippen LogP contribution in [-0.4, -0.2) is 48.6 Å². The monoisotopic (exact) mass is 367 g/mol. The van der Waals surface area contributed by atoms with Crippen molar-refractivity contribution < 1.29 is 14.3 Å². The highest BCUT2D eigenvalue weighted by Gasteiger charge is 2.31. The molecule has 2 fully saturated rings. The van der Waals surface area contributed by atoms with Crippen molar-refractivity contribution in [3.63, 3.8) is 0 Å². The van der Waals surface area contributed by atoms with E-state index in [-0.39, 0.29) is 12.5 Å². The van der Waals surface area contributed by atoms with Crippen molar-refractivity contribution in [3.8, 4) is 17.4 Å².